The molecule has 0 aliphatic rings. The molecular formula is C11H10F2N4OS. The summed E-state index contributed by atoms with van der Waals surface area (Å²) in [6.07, 6.45) is 0.352. The third-order valence-electron chi connectivity index (χ3n) is 2.23. The van der Waals surface area contributed by atoms with E-state index in [1.54, 1.807) is 18.4 Å². The lowest BCUT2D eigenvalue weighted by Crippen LogP contribution is -2.00. The molecule has 1 N–H and O–H groups in total. The fraction of sp³-hybridized carbons (Fsp3) is 0.182. The van der Waals surface area contributed by atoms with Crippen LogP contribution in [-0.2, 0) is 0 Å². The van der Waals surface area contributed by atoms with Gasteiger partial charge in [-0.25, -0.2) is 8.78 Å². The van der Waals surface area contributed by atoms with E-state index in [-0.39, 0.29) is 10.9 Å². The van der Waals surface area contributed by atoms with E-state index < -0.39 is 12.2 Å². The Morgan fingerprint density at radius 1 is 1.32 bits per heavy atom. The van der Waals surface area contributed by atoms with E-state index in [9.17, 15) is 8.78 Å². The normalized spacial score (nSPS) is 11.6. The van der Waals surface area contributed by atoms with E-state index >= 15 is 0 Å². The highest BCUT2D eigenvalue weighted by Crippen LogP contribution is 2.21. The van der Waals surface area contributed by atoms with E-state index in [1.807, 2.05) is 0 Å². The van der Waals surface area contributed by atoms with Crippen molar-refractivity contribution >= 4 is 18.0 Å². The Bertz CT molecular complexity index is 583. The van der Waals surface area contributed by atoms with Crippen molar-refractivity contribution in [2.45, 2.75) is 11.6 Å². The van der Waals surface area contributed by atoms with E-state index in [4.69, 9.17) is 5.11 Å². The summed E-state index contributed by atoms with van der Waals surface area (Å²) < 4.78 is 26.4. The summed E-state index contributed by atoms with van der Waals surface area (Å²) in [6, 6.07) is 6.20. The van der Waals surface area contributed by atoms with Gasteiger partial charge in [0.15, 0.2) is 0 Å². The van der Waals surface area contributed by atoms with Gasteiger partial charge >= 0.3 is 0 Å². The van der Waals surface area contributed by atoms with Crippen molar-refractivity contribution in [2.24, 2.45) is 5.10 Å². The standard InChI is InChI=1S/C11H10F2N4OS/c1-19-11-16-15-10(9(12)13)17(11)14-6-7-2-4-8(18)5-3-7/h2-6,9,18H,1H3. The zero-order valence-corrected chi connectivity index (χ0v) is 10.7. The van der Waals surface area contributed by atoms with Crippen molar-refractivity contribution in [1.29, 1.82) is 0 Å². The molecule has 0 atom stereocenters. The number of nitrogens with zero attached hydrogens (tertiary/aromatic N) is 4. The van der Waals surface area contributed by atoms with Crippen LogP contribution in [0.15, 0.2) is 34.5 Å². The number of aromatic nitrogens is 3. The molecule has 8 heteroatoms. The first-order valence-electron chi connectivity index (χ1n) is 5.22. The van der Waals surface area contributed by atoms with E-state index in [2.05, 4.69) is 15.3 Å². The van der Waals surface area contributed by atoms with Gasteiger partial charge in [0.1, 0.15) is 5.75 Å². The van der Waals surface area contributed by atoms with Crippen molar-refractivity contribution in [2.75, 3.05) is 6.26 Å². The molecule has 2 aromatic rings. The van der Waals surface area contributed by atoms with Crippen molar-refractivity contribution in [1.82, 2.24) is 14.9 Å². The Hall–Kier alpha value is -1.96. The summed E-state index contributed by atoms with van der Waals surface area (Å²) in [7, 11) is 0. The highest BCUT2D eigenvalue weighted by molar-refractivity contribution is 7.98. The molecule has 5 nitrogen and oxygen atoms in total. The molecule has 0 radical (unpaired) electrons. The molecule has 0 aliphatic carbocycles. The number of halogens is 2. The van der Waals surface area contributed by atoms with Crippen LogP contribution in [0.1, 0.15) is 17.8 Å². The number of thioether (sulfide) groups is 1. The lowest BCUT2D eigenvalue weighted by Gasteiger charge is -2.01. The summed E-state index contributed by atoms with van der Waals surface area (Å²) in [6.45, 7) is 0. The second-order valence-corrected chi connectivity index (χ2v) is 4.27. The van der Waals surface area contributed by atoms with Gasteiger partial charge in [-0.2, -0.15) is 9.78 Å². The maximum atomic E-state index is 12.7. The van der Waals surface area contributed by atoms with Gasteiger partial charge in [0.25, 0.3) is 6.43 Å². The lowest BCUT2D eigenvalue weighted by molar-refractivity contribution is 0.135. The number of hydrogen-bond donors (Lipinski definition) is 1. The molecule has 100 valence electrons. The maximum Gasteiger partial charge on any atom is 0.299 e. The smallest absolute Gasteiger partial charge is 0.299 e. The molecule has 0 aliphatic heterocycles. The molecule has 0 bridgehead atoms. The molecule has 0 saturated heterocycles. The second-order valence-electron chi connectivity index (χ2n) is 3.49. The summed E-state index contributed by atoms with van der Waals surface area (Å²) in [5.74, 6) is -0.376. The largest absolute Gasteiger partial charge is 0.508 e. The Kier molecular flexibility index (Phi) is 4.10. The second kappa shape index (κ2) is 5.79. The Balaban J connectivity index is 2.31. The minimum absolute atomic E-state index is 0.125. The molecule has 0 spiro atoms. The highest BCUT2D eigenvalue weighted by Gasteiger charge is 2.19. The average molecular weight is 284 g/mol. The Labute approximate surface area is 112 Å². The molecule has 1 heterocycles. The summed E-state index contributed by atoms with van der Waals surface area (Å²) in [5.41, 5.74) is 0.666. The zero-order valence-electron chi connectivity index (χ0n) is 9.86. The van der Waals surface area contributed by atoms with Crippen LogP contribution in [0, 0.1) is 0 Å². The van der Waals surface area contributed by atoms with Crippen molar-refractivity contribution in [3.63, 3.8) is 0 Å². The summed E-state index contributed by atoms with van der Waals surface area (Å²) >= 11 is 1.17. The number of phenols is 1. The fourth-order valence-corrected chi connectivity index (χ4v) is 1.77. The van der Waals surface area contributed by atoms with Crippen molar-refractivity contribution < 1.29 is 13.9 Å². The van der Waals surface area contributed by atoms with Crippen molar-refractivity contribution in [3.05, 3.63) is 35.7 Å². The number of rotatable bonds is 4. The number of alkyl halides is 2. The lowest BCUT2D eigenvalue weighted by atomic mass is 10.2. The SMILES string of the molecule is CSc1nnc(C(F)F)n1N=Cc1ccc(O)cc1. The molecule has 0 saturated carbocycles. The third-order valence-corrected chi connectivity index (χ3v) is 2.85. The first-order chi connectivity index (χ1) is 9.11. The number of benzene rings is 1. The van der Waals surface area contributed by atoms with E-state index in [1.165, 1.54) is 30.1 Å². The quantitative estimate of drug-likeness (QED) is 0.692. The maximum absolute atomic E-state index is 12.7. The van der Waals surface area contributed by atoms with Crippen LogP contribution in [0.5, 0.6) is 5.75 Å². The highest BCUT2D eigenvalue weighted by atomic mass is 32.2. The van der Waals surface area contributed by atoms with Crippen LogP contribution in [0.3, 0.4) is 0 Å². The zero-order chi connectivity index (χ0) is 13.8. The minimum atomic E-state index is -2.75. The molecule has 19 heavy (non-hydrogen) atoms. The average Bonchev–Trinajstić information content (AvgIpc) is 2.81. The monoisotopic (exact) mass is 284 g/mol. The predicted octanol–water partition coefficient (Wildman–Crippen LogP) is 2.53. The van der Waals surface area contributed by atoms with Gasteiger partial charge in [-0.05, 0) is 36.1 Å². The van der Waals surface area contributed by atoms with Gasteiger partial charge in [0.05, 0.1) is 6.21 Å². The van der Waals surface area contributed by atoms with Crippen LogP contribution in [-0.4, -0.2) is 32.5 Å². The topological polar surface area (TPSA) is 63.3 Å². The van der Waals surface area contributed by atoms with E-state index in [0.29, 0.717) is 5.56 Å². The summed E-state index contributed by atoms with van der Waals surface area (Å²) in [5, 5.41) is 20.4. The van der Waals surface area contributed by atoms with Gasteiger partial charge < -0.3 is 5.11 Å². The number of phenolic OH excluding ortho intramolecular Hbond substituents is 1. The Morgan fingerprint density at radius 2 is 2.00 bits per heavy atom. The molecule has 2 rings (SSSR count). The van der Waals surface area contributed by atoms with Gasteiger partial charge in [-0.15, -0.1) is 10.2 Å². The molecule has 0 fully saturated rings. The third kappa shape index (κ3) is 3.08. The van der Waals surface area contributed by atoms with Gasteiger partial charge in [0.2, 0.25) is 11.0 Å². The van der Waals surface area contributed by atoms with Crippen molar-refractivity contribution in [3.8, 4) is 5.75 Å². The molecule has 0 amide bonds. The first kappa shape index (κ1) is 13.5. The van der Waals surface area contributed by atoms with Gasteiger partial charge in [-0.3, -0.25) is 0 Å². The van der Waals surface area contributed by atoms with Crippen LogP contribution in [0.2, 0.25) is 0 Å². The molecule has 1 aromatic heterocycles. The predicted molar refractivity (Wildman–Crippen MR) is 67.9 cm³/mol. The van der Waals surface area contributed by atoms with Crippen LogP contribution in [0.25, 0.3) is 0 Å². The van der Waals surface area contributed by atoms with E-state index in [0.717, 1.165) is 4.68 Å². The number of aromatic hydroxyl groups is 1. The Morgan fingerprint density at radius 3 is 2.58 bits per heavy atom. The first-order valence-corrected chi connectivity index (χ1v) is 6.45. The molecule has 0 unspecified atom stereocenters. The van der Waals surface area contributed by atoms with Crippen LogP contribution >= 0.6 is 11.8 Å². The van der Waals surface area contributed by atoms with Gasteiger partial charge in [0, 0.05) is 0 Å². The van der Waals surface area contributed by atoms with Crippen LogP contribution < -0.4 is 0 Å². The minimum Gasteiger partial charge on any atom is -0.508 e. The molecule has 1 aromatic carbocycles. The molecular weight excluding hydrogens is 274 g/mol. The summed E-state index contributed by atoms with van der Waals surface area (Å²) in [4.78, 5) is 0. The number of hydrogen-bond acceptors (Lipinski definition) is 5. The van der Waals surface area contributed by atoms with Crippen LogP contribution in [0.4, 0.5) is 8.78 Å². The fourth-order valence-electron chi connectivity index (χ4n) is 1.33. The van der Waals surface area contributed by atoms with Gasteiger partial charge in [-0.1, -0.05) is 11.8 Å².